The van der Waals surface area contributed by atoms with E-state index in [9.17, 15) is 55.5 Å². The number of carbonyl (C=O) groups excluding carboxylic acids is 1. The predicted molar refractivity (Wildman–Crippen MR) is 171 cm³/mol. The van der Waals surface area contributed by atoms with Crippen molar-refractivity contribution in [2.75, 3.05) is 13.2 Å². The number of carboxylic acids is 1. The van der Waals surface area contributed by atoms with Crippen molar-refractivity contribution in [1.82, 2.24) is 0 Å². The van der Waals surface area contributed by atoms with Crippen molar-refractivity contribution in [3.63, 3.8) is 0 Å². The molecule has 0 spiro atoms. The first-order chi connectivity index (χ1) is 24.0. The topological polar surface area (TPSA) is 283 Å². The second kappa shape index (κ2) is 17.4. The van der Waals surface area contributed by atoms with Crippen molar-refractivity contribution >= 4 is 11.9 Å². The Bertz CT molecular complexity index is 1330. The van der Waals surface area contributed by atoms with Crippen LogP contribution in [0.3, 0.4) is 0 Å². The molecule has 0 aromatic heterocycles. The third kappa shape index (κ3) is 10.1. The van der Waals surface area contributed by atoms with Gasteiger partial charge in [0.1, 0.15) is 65.9 Å². The highest BCUT2D eigenvalue weighted by Gasteiger charge is 2.46. The van der Waals surface area contributed by atoms with Crippen LogP contribution in [0.15, 0.2) is 48.5 Å². The van der Waals surface area contributed by atoms with Crippen LogP contribution in [0.1, 0.15) is 31.4 Å². The lowest BCUT2D eigenvalue weighted by Crippen LogP contribution is -2.60. The van der Waals surface area contributed by atoms with Crippen molar-refractivity contribution in [3.8, 4) is 11.5 Å². The molecule has 2 aromatic carbocycles. The zero-order valence-corrected chi connectivity index (χ0v) is 27.9. The lowest BCUT2D eigenvalue weighted by Gasteiger charge is -2.39. The average molecular weight is 727 g/mol. The van der Waals surface area contributed by atoms with Crippen LogP contribution in [0.4, 0.5) is 0 Å². The molecule has 17 nitrogen and oxygen atoms in total. The van der Waals surface area contributed by atoms with E-state index in [4.69, 9.17) is 28.8 Å². The summed E-state index contributed by atoms with van der Waals surface area (Å²) in [5.41, 5.74) is 0.214. The molecule has 2 aliphatic rings. The largest absolute Gasteiger partial charge is 0.481 e. The minimum atomic E-state index is -1.89. The first-order valence-electron chi connectivity index (χ1n) is 16.3. The van der Waals surface area contributed by atoms with Gasteiger partial charge in [-0.15, -0.1) is 0 Å². The molecule has 51 heavy (non-hydrogen) atoms. The Morgan fingerprint density at radius 1 is 0.686 bits per heavy atom. The summed E-state index contributed by atoms with van der Waals surface area (Å²) < 4.78 is 27.8. The summed E-state index contributed by atoms with van der Waals surface area (Å²) in [5, 5.41) is 98.7. The summed E-state index contributed by atoms with van der Waals surface area (Å²) in [6, 6.07) is 13.0. The van der Waals surface area contributed by atoms with Gasteiger partial charge in [-0.3, -0.25) is 4.79 Å². The third-order valence-electron chi connectivity index (χ3n) is 9.00. The molecule has 2 aliphatic heterocycles. The molecule has 17 heteroatoms. The number of ether oxygens (including phenoxy) is 5. The Morgan fingerprint density at radius 3 is 1.43 bits per heavy atom. The maximum atomic E-state index is 12.7. The molecule has 284 valence electrons. The molecule has 0 bridgehead atoms. The maximum absolute atomic E-state index is 12.7. The lowest BCUT2D eigenvalue weighted by molar-refractivity contribution is -0.277. The van der Waals surface area contributed by atoms with E-state index in [0.29, 0.717) is 12.8 Å². The van der Waals surface area contributed by atoms with Crippen LogP contribution in [0.25, 0.3) is 0 Å². The fourth-order valence-electron chi connectivity index (χ4n) is 5.80. The van der Waals surface area contributed by atoms with Gasteiger partial charge in [-0.2, -0.15) is 0 Å². The number of hydrogen-bond acceptors (Lipinski definition) is 16. The molecule has 3 unspecified atom stereocenters. The van der Waals surface area contributed by atoms with Crippen LogP contribution in [0.2, 0.25) is 0 Å². The Morgan fingerprint density at radius 2 is 1.08 bits per heavy atom. The molecule has 10 N–H and O–H groups in total. The number of esters is 1. The minimum absolute atomic E-state index is 0.233. The molecule has 2 fully saturated rings. The average Bonchev–Trinajstić information content (AvgIpc) is 3.09. The number of hydrogen-bond donors (Lipinski definition) is 10. The van der Waals surface area contributed by atoms with Gasteiger partial charge in [0.25, 0.3) is 0 Å². The van der Waals surface area contributed by atoms with Crippen LogP contribution < -0.4 is 9.47 Å². The van der Waals surface area contributed by atoms with Gasteiger partial charge >= 0.3 is 11.9 Å². The molecule has 2 heterocycles. The Hall–Kier alpha value is -3.46. The zero-order valence-electron chi connectivity index (χ0n) is 27.9. The SMILES string of the molecule is CC(C)(OC(=O)C(O)CC(=O)O)C(Cc1ccc(OC2O[C@H](CO)[C@@H](O)[C@H](O)[C@H]2O)cc1)Cc1ccc(OC2O[C@H](CO)[C@@H](O)[C@H](O)[C@H]2O)cc1. The van der Waals surface area contributed by atoms with Crippen LogP contribution >= 0.6 is 0 Å². The van der Waals surface area contributed by atoms with Gasteiger partial charge in [-0.05, 0) is 62.1 Å². The van der Waals surface area contributed by atoms with Gasteiger partial charge < -0.3 is 74.7 Å². The van der Waals surface area contributed by atoms with Crippen LogP contribution in [0.5, 0.6) is 11.5 Å². The number of carbonyl (C=O) groups is 2. The normalized spacial score (nSPS) is 31.0. The van der Waals surface area contributed by atoms with Crippen LogP contribution in [-0.4, -0.2) is 149 Å². The molecule has 11 atom stereocenters. The molecule has 4 rings (SSSR count). The van der Waals surface area contributed by atoms with E-state index in [2.05, 4.69) is 0 Å². The van der Waals surface area contributed by atoms with E-state index in [1.807, 2.05) is 0 Å². The second-order valence-electron chi connectivity index (χ2n) is 13.2. The summed E-state index contributed by atoms with van der Waals surface area (Å²) in [6.45, 7) is 2.01. The fourth-order valence-corrected chi connectivity index (χ4v) is 5.80. The van der Waals surface area contributed by atoms with Crippen molar-refractivity contribution in [1.29, 1.82) is 0 Å². The predicted octanol–water partition coefficient (Wildman–Crippen LogP) is -2.40. The molecule has 0 radical (unpaired) electrons. The Balaban J connectivity index is 1.49. The number of aliphatic hydroxyl groups is 9. The van der Waals surface area contributed by atoms with Crippen molar-refractivity contribution in [2.24, 2.45) is 5.92 Å². The third-order valence-corrected chi connectivity index (χ3v) is 9.00. The summed E-state index contributed by atoms with van der Waals surface area (Å²) in [5.74, 6) is -2.51. The number of carboxylic acid groups (broad SMARTS) is 1. The number of aliphatic carboxylic acids is 1. The number of benzene rings is 2. The van der Waals surface area contributed by atoms with Crippen LogP contribution in [-0.2, 0) is 36.6 Å². The number of rotatable bonds is 15. The van der Waals surface area contributed by atoms with E-state index < -0.39 is 111 Å². The summed E-state index contributed by atoms with van der Waals surface area (Å²) in [6.07, 6.45) is -16.8. The van der Waals surface area contributed by atoms with E-state index in [1.165, 1.54) is 0 Å². The van der Waals surface area contributed by atoms with E-state index >= 15 is 0 Å². The van der Waals surface area contributed by atoms with Gasteiger partial charge in [0.2, 0.25) is 12.6 Å². The molecule has 2 saturated heterocycles. The highest BCUT2D eigenvalue weighted by Crippen LogP contribution is 2.32. The smallest absolute Gasteiger partial charge is 0.336 e. The van der Waals surface area contributed by atoms with Gasteiger partial charge in [-0.25, -0.2) is 4.79 Å². The first-order valence-corrected chi connectivity index (χ1v) is 16.3. The molecule has 2 aromatic rings. The first kappa shape index (κ1) is 40.3. The van der Waals surface area contributed by atoms with Crippen molar-refractivity contribution in [2.45, 2.75) is 106 Å². The summed E-state index contributed by atoms with van der Waals surface area (Å²) in [7, 11) is 0. The van der Waals surface area contributed by atoms with Gasteiger partial charge in [0.05, 0.1) is 19.6 Å². The maximum Gasteiger partial charge on any atom is 0.336 e. The van der Waals surface area contributed by atoms with E-state index in [1.54, 1.807) is 62.4 Å². The van der Waals surface area contributed by atoms with Gasteiger partial charge in [0.15, 0.2) is 6.10 Å². The van der Waals surface area contributed by atoms with Gasteiger partial charge in [0, 0.05) is 5.92 Å². The molecular formula is C34H46O17. The quantitative estimate of drug-likeness (QED) is 0.0857. The monoisotopic (exact) mass is 726 g/mol. The fraction of sp³-hybridized carbons (Fsp3) is 0.588. The minimum Gasteiger partial charge on any atom is -0.481 e. The Kier molecular flexibility index (Phi) is 13.7. The standard InChI is InChI=1S/C34H46O17/c1-34(2,51-31(46)21(37)13-24(38)39)18(11-16-3-7-19(8-4-16)47-32-29(44)27(42)25(40)22(14-35)49-32)12-17-5-9-20(10-6-17)48-33-30(45)28(43)26(41)23(15-36)50-33/h3-10,18,21-23,25-30,32-33,35-37,40-45H,11-15H2,1-2H3,(H,38,39)/t18?,21?,22-,23-,25-,26-,27+,28+,29-,30-,32?,33?/m1/s1. The summed E-state index contributed by atoms with van der Waals surface area (Å²) >= 11 is 0. The Labute approximate surface area is 292 Å². The molecular weight excluding hydrogens is 680 g/mol. The van der Waals surface area contributed by atoms with E-state index in [-0.39, 0.29) is 11.5 Å². The number of aliphatic hydroxyl groups excluding tert-OH is 9. The van der Waals surface area contributed by atoms with E-state index in [0.717, 1.165) is 11.1 Å². The highest BCUT2D eigenvalue weighted by molar-refractivity contribution is 5.81. The zero-order chi connectivity index (χ0) is 37.6. The molecule has 0 amide bonds. The molecule has 0 saturated carbocycles. The second-order valence-corrected chi connectivity index (χ2v) is 13.2. The van der Waals surface area contributed by atoms with Gasteiger partial charge in [-0.1, -0.05) is 24.3 Å². The van der Waals surface area contributed by atoms with Crippen LogP contribution in [0, 0.1) is 5.92 Å². The molecule has 0 aliphatic carbocycles. The highest BCUT2D eigenvalue weighted by atomic mass is 16.7. The summed E-state index contributed by atoms with van der Waals surface area (Å²) in [4.78, 5) is 23.7. The van der Waals surface area contributed by atoms with Crippen molar-refractivity contribution in [3.05, 3.63) is 59.7 Å². The van der Waals surface area contributed by atoms with Crippen molar-refractivity contribution < 1.29 is 84.3 Å². The lowest BCUT2D eigenvalue weighted by atomic mass is 9.80.